The zero-order chi connectivity index (χ0) is 22.0. The van der Waals surface area contributed by atoms with Gasteiger partial charge in [0.25, 0.3) is 0 Å². The Labute approximate surface area is 205 Å². The highest BCUT2D eigenvalue weighted by Crippen LogP contribution is 2.36. The Morgan fingerprint density at radius 3 is 2.45 bits per heavy atom. The highest BCUT2D eigenvalue weighted by molar-refractivity contribution is 9.11. The van der Waals surface area contributed by atoms with Gasteiger partial charge in [0.15, 0.2) is 5.70 Å². The maximum atomic E-state index is 12.3. The van der Waals surface area contributed by atoms with Crippen LogP contribution in [-0.4, -0.2) is 11.9 Å². The summed E-state index contributed by atoms with van der Waals surface area (Å²) in [4.78, 5) is 16.6. The number of aliphatic imine (C=N–C) groups is 1. The molecular weight excluding hydrogens is 569 g/mol. The van der Waals surface area contributed by atoms with Gasteiger partial charge in [0.1, 0.15) is 12.4 Å². The van der Waals surface area contributed by atoms with Gasteiger partial charge in [0, 0.05) is 5.02 Å². The summed E-state index contributed by atoms with van der Waals surface area (Å²) in [5.74, 6) is 0.279. The van der Waals surface area contributed by atoms with Crippen LogP contribution >= 0.6 is 55.1 Å². The second kappa shape index (κ2) is 9.57. The molecule has 0 unspecified atom stereocenters. The molecule has 0 fully saturated rings. The maximum Gasteiger partial charge on any atom is 0.363 e. The van der Waals surface area contributed by atoms with Gasteiger partial charge in [-0.15, -0.1) is 0 Å². The summed E-state index contributed by atoms with van der Waals surface area (Å²) in [6, 6.07) is 18.2. The third-order valence-corrected chi connectivity index (χ3v) is 6.06. The second-order valence-electron chi connectivity index (χ2n) is 6.55. The molecule has 0 spiro atoms. The highest BCUT2D eigenvalue weighted by Gasteiger charge is 2.25. The van der Waals surface area contributed by atoms with E-state index in [-0.39, 0.29) is 11.6 Å². The minimum atomic E-state index is -0.538. The van der Waals surface area contributed by atoms with Crippen molar-refractivity contribution in [2.24, 2.45) is 4.99 Å². The molecule has 156 valence electrons. The Morgan fingerprint density at radius 2 is 1.74 bits per heavy atom. The lowest BCUT2D eigenvalue weighted by Crippen LogP contribution is -2.05. The van der Waals surface area contributed by atoms with Crippen LogP contribution < -0.4 is 4.74 Å². The number of carbonyl (C=O) groups is 1. The normalized spacial score (nSPS) is 14.5. The van der Waals surface area contributed by atoms with E-state index in [1.54, 1.807) is 30.3 Å². The number of hydrogen-bond acceptors (Lipinski definition) is 4. The molecule has 0 aromatic heterocycles. The van der Waals surface area contributed by atoms with Crippen molar-refractivity contribution >= 4 is 73.0 Å². The molecule has 4 rings (SSSR count). The molecule has 3 aromatic carbocycles. The van der Waals surface area contributed by atoms with Crippen LogP contribution in [0.5, 0.6) is 5.75 Å². The van der Waals surface area contributed by atoms with Crippen LogP contribution in [0, 0.1) is 0 Å². The van der Waals surface area contributed by atoms with Gasteiger partial charge >= 0.3 is 5.97 Å². The number of rotatable bonds is 5. The van der Waals surface area contributed by atoms with Crippen molar-refractivity contribution < 1.29 is 14.3 Å². The number of esters is 1. The highest BCUT2D eigenvalue weighted by atomic mass is 79.9. The van der Waals surface area contributed by atoms with Crippen LogP contribution in [-0.2, 0) is 16.1 Å². The van der Waals surface area contributed by atoms with Crippen molar-refractivity contribution in [1.82, 2.24) is 0 Å². The third kappa shape index (κ3) is 5.21. The van der Waals surface area contributed by atoms with E-state index in [1.807, 2.05) is 36.4 Å². The van der Waals surface area contributed by atoms with Gasteiger partial charge in [-0.1, -0.05) is 47.5 Å². The molecule has 0 bridgehead atoms. The number of halogens is 4. The predicted octanol–water partition coefficient (Wildman–Crippen LogP) is 7.44. The smallest absolute Gasteiger partial charge is 0.363 e. The molecule has 0 saturated carbocycles. The van der Waals surface area contributed by atoms with Crippen molar-refractivity contribution in [2.75, 3.05) is 0 Å². The standard InChI is InChI=1S/C23H13Br2Cl2NO3/c24-17-9-14(10-18(25)21(17)30-12-13-4-3-5-15(26)8-13)11-20-23(29)31-22(28-20)16-6-1-2-7-19(16)27/h1-11H,12H2/b20-11-. The van der Waals surface area contributed by atoms with Crippen LogP contribution in [0.1, 0.15) is 16.7 Å². The summed E-state index contributed by atoms with van der Waals surface area (Å²) in [7, 11) is 0. The second-order valence-corrected chi connectivity index (χ2v) is 9.10. The number of ether oxygens (including phenoxy) is 2. The lowest BCUT2D eigenvalue weighted by atomic mass is 10.2. The quantitative estimate of drug-likeness (QED) is 0.232. The van der Waals surface area contributed by atoms with E-state index in [9.17, 15) is 4.79 Å². The first-order valence-corrected chi connectivity index (χ1v) is 11.4. The molecule has 0 amide bonds. The minimum Gasteiger partial charge on any atom is -0.487 e. The lowest BCUT2D eigenvalue weighted by molar-refractivity contribution is -0.129. The molecule has 0 aliphatic carbocycles. The zero-order valence-corrected chi connectivity index (χ0v) is 20.4. The van der Waals surface area contributed by atoms with Gasteiger partial charge in [-0.3, -0.25) is 0 Å². The first-order chi connectivity index (χ1) is 14.9. The van der Waals surface area contributed by atoms with E-state index in [4.69, 9.17) is 32.7 Å². The Morgan fingerprint density at radius 1 is 1.00 bits per heavy atom. The fraction of sp³-hybridized carbons (Fsp3) is 0.0435. The van der Waals surface area contributed by atoms with Crippen molar-refractivity contribution in [3.05, 3.63) is 102 Å². The zero-order valence-electron chi connectivity index (χ0n) is 15.7. The number of nitrogens with zero attached hydrogens (tertiary/aromatic N) is 1. The SMILES string of the molecule is O=C1OC(c2ccccc2Cl)=N/C1=C\c1cc(Br)c(OCc2cccc(Cl)c2)c(Br)c1. The molecule has 0 atom stereocenters. The molecule has 8 heteroatoms. The molecule has 1 aliphatic rings. The molecule has 3 aromatic rings. The maximum absolute atomic E-state index is 12.3. The number of cyclic esters (lactones) is 1. The summed E-state index contributed by atoms with van der Waals surface area (Å²) in [5, 5.41) is 1.11. The van der Waals surface area contributed by atoms with Gasteiger partial charge in [-0.25, -0.2) is 9.79 Å². The first-order valence-electron chi connectivity index (χ1n) is 9.04. The summed E-state index contributed by atoms with van der Waals surface area (Å²) in [6.45, 7) is 0.357. The largest absolute Gasteiger partial charge is 0.487 e. The molecule has 1 aliphatic heterocycles. The van der Waals surface area contributed by atoms with Crippen molar-refractivity contribution in [3.8, 4) is 5.75 Å². The Kier molecular flexibility index (Phi) is 6.82. The van der Waals surface area contributed by atoms with E-state index in [1.165, 1.54) is 0 Å². The van der Waals surface area contributed by atoms with E-state index >= 15 is 0 Å². The van der Waals surface area contributed by atoms with E-state index < -0.39 is 5.97 Å². The molecule has 0 saturated heterocycles. The molecule has 0 N–H and O–H groups in total. The first kappa shape index (κ1) is 22.1. The lowest BCUT2D eigenvalue weighted by Gasteiger charge is -2.11. The van der Waals surface area contributed by atoms with Crippen LogP contribution in [0.2, 0.25) is 10.0 Å². The van der Waals surface area contributed by atoms with Gasteiger partial charge < -0.3 is 9.47 Å². The van der Waals surface area contributed by atoms with E-state index in [0.717, 1.165) is 20.1 Å². The molecule has 31 heavy (non-hydrogen) atoms. The Balaban J connectivity index is 1.57. The van der Waals surface area contributed by atoms with Crippen LogP contribution in [0.4, 0.5) is 0 Å². The molecule has 1 heterocycles. The van der Waals surface area contributed by atoms with Crippen LogP contribution in [0.3, 0.4) is 0 Å². The Bertz CT molecular complexity index is 1220. The summed E-state index contributed by atoms with van der Waals surface area (Å²) in [6.07, 6.45) is 1.64. The van der Waals surface area contributed by atoms with E-state index in [0.29, 0.717) is 28.0 Å². The van der Waals surface area contributed by atoms with Crippen LogP contribution in [0.15, 0.2) is 80.3 Å². The summed E-state index contributed by atoms with van der Waals surface area (Å²) in [5.41, 5.74) is 2.44. The summed E-state index contributed by atoms with van der Waals surface area (Å²) >= 11 is 19.3. The predicted molar refractivity (Wildman–Crippen MR) is 130 cm³/mol. The van der Waals surface area contributed by atoms with Gasteiger partial charge in [0.05, 0.1) is 19.5 Å². The Hall–Kier alpha value is -2.12. The van der Waals surface area contributed by atoms with Gasteiger partial charge in [0.2, 0.25) is 5.90 Å². The molecular formula is C23H13Br2Cl2NO3. The average Bonchev–Trinajstić information content (AvgIpc) is 3.08. The van der Waals surface area contributed by atoms with Crippen molar-refractivity contribution in [3.63, 3.8) is 0 Å². The number of benzene rings is 3. The number of carbonyl (C=O) groups excluding carboxylic acids is 1. The molecule has 0 radical (unpaired) electrons. The van der Waals surface area contributed by atoms with E-state index in [2.05, 4.69) is 36.9 Å². The number of hydrogen-bond donors (Lipinski definition) is 0. The van der Waals surface area contributed by atoms with Gasteiger partial charge in [-0.2, -0.15) is 0 Å². The van der Waals surface area contributed by atoms with Crippen molar-refractivity contribution in [2.45, 2.75) is 6.61 Å². The van der Waals surface area contributed by atoms with Crippen molar-refractivity contribution in [1.29, 1.82) is 0 Å². The minimum absolute atomic E-state index is 0.182. The van der Waals surface area contributed by atoms with Gasteiger partial charge in [-0.05, 0) is 85.5 Å². The molecule has 4 nitrogen and oxygen atoms in total. The third-order valence-electron chi connectivity index (χ3n) is 4.32. The topological polar surface area (TPSA) is 47.9 Å². The summed E-state index contributed by atoms with van der Waals surface area (Å²) < 4.78 is 12.7. The average molecular weight is 582 g/mol. The monoisotopic (exact) mass is 579 g/mol. The fourth-order valence-electron chi connectivity index (χ4n) is 2.90. The fourth-order valence-corrected chi connectivity index (χ4v) is 4.78. The van der Waals surface area contributed by atoms with Crippen LogP contribution in [0.25, 0.3) is 6.08 Å².